The minimum atomic E-state index is -1.12. The minimum Gasteiger partial charge on any atom is -0.478 e. The second kappa shape index (κ2) is 4.35. The van der Waals surface area contributed by atoms with Crippen molar-refractivity contribution in [1.82, 2.24) is 14.5 Å². The summed E-state index contributed by atoms with van der Waals surface area (Å²) in [5, 5.41) is 17.9. The molecule has 2 aromatic rings. The van der Waals surface area contributed by atoms with Gasteiger partial charge in [-0.05, 0) is 22.0 Å². The molecule has 0 unspecified atom stereocenters. The van der Waals surface area contributed by atoms with E-state index in [1.165, 1.54) is 29.2 Å². The van der Waals surface area contributed by atoms with Crippen LogP contribution in [-0.4, -0.2) is 25.6 Å². The van der Waals surface area contributed by atoms with Crippen molar-refractivity contribution >= 4 is 21.9 Å². The van der Waals surface area contributed by atoms with Crippen molar-refractivity contribution in [2.75, 3.05) is 0 Å². The van der Waals surface area contributed by atoms with E-state index in [-0.39, 0.29) is 17.2 Å². The fourth-order valence-electron chi connectivity index (χ4n) is 1.34. The van der Waals surface area contributed by atoms with E-state index in [1.54, 1.807) is 0 Å². The monoisotopic (exact) mass is 292 g/mol. The van der Waals surface area contributed by atoms with Crippen molar-refractivity contribution in [3.05, 3.63) is 40.5 Å². The van der Waals surface area contributed by atoms with E-state index in [1.807, 2.05) is 6.07 Å². The summed E-state index contributed by atoms with van der Waals surface area (Å²) in [7, 11) is 0. The van der Waals surface area contributed by atoms with Gasteiger partial charge in [-0.25, -0.2) is 14.8 Å². The van der Waals surface area contributed by atoms with Crippen molar-refractivity contribution in [3.63, 3.8) is 0 Å². The van der Waals surface area contributed by atoms with Gasteiger partial charge in [0.2, 0.25) is 5.82 Å². The largest absolute Gasteiger partial charge is 0.478 e. The summed E-state index contributed by atoms with van der Waals surface area (Å²) < 4.78 is 1.88. The number of aromatic carboxylic acids is 1. The summed E-state index contributed by atoms with van der Waals surface area (Å²) >= 11 is 3.15. The smallest absolute Gasteiger partial charge is 0.339 e. The molecule has 0 atom stereocenters. The van der Waals surface area contributed by atoms with Crippen LogP contribution in [0.2, 0.25) is 0 Å². The van der Waals surface area contributed by atoms with Gasteiger partial charge in [0.1, 0.15) is 11.6 Å². The second-order valence-corrected chi connectivity index (χ2v) is 3.98. The summed E-state index contributed by atoms with van der Waals surface area (Å²) in [4.78, 5) is 18.9. The molecule has 0 aliphatic carbocycles. The first-order valence-corrected chi connectivity index (χ1v) is 5.25. The molecule has 0 saturated carbocycles. The average Bonchev–Trinajstić information content (AvgIpc) is 2.76. The molecular weight excluding hydrogens is 288 g/mol. The van der Waals surface area contributed by atoms with E-state index in [0.29, 0.717) is 4.47 Å². The molecule has 0 fully saturated rings. The quantitative estimate of drug-likeness (QED) is 0.908. The predicted molar refractivity (Wildman–Crippen MR) is 60.7 cm³/mol. The molecule has 6 nitrogen and oxygen atoms in total. The number of rotatable bonds is 2. The molecule has 2 heterocycles. The van der Waals surface area contributed by atoms with Crippen molar-refractivity contribution in [3.8, 4) is 11.9 Å². The number of nitrogens with zero attached hydrogens (tertiary/aromatic N) is 4. The predicted octanol–water partition coefficient (Wildman–Crippen LogP) is 1.60. The number of halogens is 1. The zero-order valence-electron chi connectivity index (χ0n) is 8.33. The third-order valence-electron chi connectivity index (χ3n) is 2.03. The SMILES string of the molecule is N#Cc1nccn1-c1ncc(Br)cc1C(=O)O. The van der Waals surface area contributed by atoms with Crippen molar-refractivity contribution < 1.29 is 9.90 Å². The Kier molecular flexibility index (Phi) is 2.89. The Morgan fingerprint density at radius 3 is 2.94 bits per heavy atom. The number of imidazole rings is 1. The second-order valence-electron chi connectivity index (χ2n) is 3.06. The van der Waals surface area contributed by atoms with Crippen LogP contribution >= 0.6 is 15.9 Å². The lowest BCUT2D eigenvalue weighted by Gasteiger charge is -2.06. The first-order valence-electron chi connectivity index (χ1n) is 4.46. The highest BCUT2D eigenvalue weighted by molar-refractivity contribution is 9.10. The van der Waals surface area contributed by atoms with Gasteiger partial charge >= 0.3 is 5.97 Å². The maximum absolute atomic E-state index is 11.1. The standard InChI is InChI=1S/C10H5BrN4O2/c11-6-3-7(10(16)17)9(14-5-6)15-2-1-13-8(15)4-12/h1-3,5H,(H,16,17). The van der Waals surface area contributed by atoms with E-state index >= 15 is 0 Å². The van der Waals surface area contributed by atoms with Crippen LogP contribution in [0, 0.1) is 11.3 Å². The Labute approximate surface area is 104 Å². The minimum absolute atomic E-state index is 0.00567. The molecule has 84 valence electrons. The Morgan fingerprint density at radius 2 is 2.29 bits per heavy atom. The Hall–Kier alpha value is -2.20. The summed E-state index contributed by atoms with van der Waals surface area (Å²) in [6, 6.07) is 3.28. The summed E-state index contributed by atoms with van der Waals surface area (Å²) in [6.45, 7) is 0. The van der Waals surface area contributed by atoms with E-state index in [9.17, 15) is 4.79 Å². The molecule has 7 heteroatoms. The molecule has 0 spiro atoms. The number of nitriles is 1. The number of hydrogen-bond donors (Lipinski definition) is 1. The third-order valence-corrected chi connectivity index (χ3v) is 2.47. The number of carboxylic acid groups (broad SMARTS) is 1. The lowest BCUT2D eigenvalue weighted by molar-refractivity contribution is 0.0696. The van der Waals surface area contributed by atoms with Crippen LogP contribution in [0.25, 0.3) is 5.82 Å². The average molecular weight is 293 g/mol. The van der Waals surface area contributed by atoms with Crippen LogP contribution in [0.15, 0.2) is 29.1 Å². The molecule has 0 saturated heterocycles. The lowest BCUT2D eigenvalue weighted by atomic mass is 10.2. The van der Waals surface area contributed by atoms with E-state index in [0.717, 1.165) is 0 Å². The number of hydrogen-bond acceptors (Lipinski definition) is 4. The normalized spacial score (nSPS) is 9.88. The lowest BCUT2D eigenvalue weighted by Crippen LogP contribution is -2.08. The van der Waals surface area contributed by atoms with Crippen LogP contribution < -0.4 is 0 Å². The molecular formula is C10H5BrN4O2. The highest BCUT2D eigenvalue weighted by atomic mass is 79.9. The van der Waals surface area contributed by atoms with Crippen LogP contribution in [0.5, 0.6) is 0 Å². The molecule has 17 heavy (non-hydrogen) atoms. The van der Waals surface area contributed by atoms with E-state index in [2.05, 4.69) is 25.9 Å². The molecule has 0 radical (unpaired) electrons. The zero-order valence-corrected chi connectivity index (χ0v) is 9.92. The van der Waals surface area contributed by atoms with Crippen LogP contribution in [0.1, 0.15) is 16.2 Å². The van der Waals surface area contributed by atoms with Gasteiger partial charge in [0.25, 0.3) is 0 Å². The molecule has 0 bridgehead atoms. The highest BCUT2D eigenvalue weighted by Gasteiger charge is 2.16. The molecule has 2 aromatic heterocycles. The number of carboxylic acids is 1. The van der Waals surface area contributed by atoms with Crippen LogP contribution in [0.3, 0.4) is 0 Å². The topological polar surface area (TPSA) is 91.8 Å². The van der Waals surface area contributed by atoms with Gasteiger partial charge in [0.15, 0.2) is 5.82 Å². The fraction of sp³-hybridized carbons (Fsp3) is 0. The van der Waals surface area contributed by atoms with E-state index < -0.39 is 5.97 Å². The maximum atomic E-state index is 11.1. The highest BCUT2D eigenvalue weighted by Crippen LogP contribution is 2.18. The van der Waals surface area contributed by atoms with Gasteiger partial charge in [-0.15, -0.1) is 0 Å². The Morgan fingerprint density at radius 1 is 1.53 bits per heavy atom. The summed E-state index contributed by atoms with van der Waals surface area (Å²) in [5.41, 5.74) is -0.00567. The van der Waals surface area contributed by atoms with Crippen molar-refractivity contribution in [1.29, 1.82) is 5.26 Å². The number of pyridine rings is 1. The van der Waals surface area contributed by atoms with E-state index in [4.69, 9.17) is 10.4 Å². The Balaban J connectivity index is 2.68. The number of carbonyl (C=O) groups is 1. The zero-order chi connectivity index (χ0) is 12.4. The molecule has 0 aliphatic heterocycles. The Bertz CT molecular complexity index is 629. The van der Waals surface area contributed by atoms with Gasteiger partial charge < -0.3 is 5.11 Å². The molecule has 1 N–H and O–H groups in total. The number of aromatic nitrogens is 3. The molecule has 2 rings (SSSR count). The first-order chi connectivity index (χ1) is 8.13. The van der Waals surface area contributed by atoms with Crippen LogP contribution in [-0.2, 0) is 0 Å². The summed E-state index contributed by atoms with van der Waals surface area (Å²) in [5.74, 6) is -0.872. The van der Waals surface area contributed by atoms with Crippen LogP contribution in [0.4, 0.5) is 0 Å². The van der Waals surface area contributed by atoms with Gasteiger partial charge in [-0.3, -0.25) is 4.57 Å². The third kappa shape index (κ3) is 2.03. The summed E-state index contributed by atoms with van der Waals surface area (Å²) in [6.07, 6.45) is 4.36. The fourth-order valence-corrected chi connectivity index (χ4v) is 1.67. The van der Waals surface area contributed by atoms with Gasteiger partial charge in [0, 0.05) is 23.1 Å². The molecule has 0 aliphatic rings. The molecule has 0 amide bonds. The maximum Gasteiger partial charge on any atom is 0.339 e. The van der Waals surface area contributed by atoms with Crippen molar-refractivity contribution in [2.24, 2.45) is 0 Å². The van der Waals surface area contributed by atoms with Gasteiger partial charge in [-0.2, -0.15) is 5.26 Å². The van der Waals surface area contributed by atoms with Crippen molar-refractivity contribution in [2.45, 2.75) is 0 Å². The first kappa shape index (κ1) is 11.3. The molecule has 0 aromatic carbocycles. The van der Waals surface area contributed by atoms with Gasteiger partial charge in [-0.1, -0.05) is 0 Å². The van der Waals surface area contributed by atoms with Gasteiger partial charge in [0.05, 0.1) is 0 Å².